The van der Waals surface area contributed by atoms with Gasteiger partial charge in [0, 0.05) is 43.4 Å². The second-order valence-electron chi connectivity index (χ2n) is 5.07. The first-order chi connectivity index (χ1) is 9.70. The van der Waals surface area contributed by atoms with Gasteiger partial charge in [-0.25, -0.2) is 0 Å². The highest BCUT2D eigenvalue weighted by Gasteiger charge is 2.11. The number of aryl methyl sites for hydroxylation is 1. The van der Waals surface area contributed by atoms with E-state index in [0.717, 1.165) is 5.56 Å². The quantitative estimate of drug-likeness (QED) is 0.787. The van der Waals surface area contributed by atoms with E-state index in [-0.39, 0.29) is 0 Å². The summed E-state index contributed by atoms with van der Waals surface area (Å²) in [5.74, 6) is 0. The first-order valence-corrected chi connectivity index (χ1v) is 6.77. The van der Waals surface area contributed by atoms with Crippen LogP contribution in [0.2, 0.25) is 0 Å². The minimum atomic E-state index is 0.582. The maximum Gasteiger partial charge on any atom is 0.0667 e. The third-order valence-corrected chi connectivity index (χ3v) is 3.80. The number of benzene rings is 2. The Balaban J connectivity index is 2.05. The van der Waals surface area contributed by atoms with Crippen molar-refractivity contribution in [3.8, 4) is 0 Å². The molecule has 0 aliphatic carbocycles. The summed E-state index contributed by atoms with van der Waals surface area (Å²) in [4.78, 5) is 2.21. The van der Waals surface area contributed by atoms with E-state index in [2.05, 4.69) is 78.3 Å². The van der Waals surface area contributed by atoms with Gasteiger partial charge in [0.1, 0.15) is 0 Å². The van der Waals surface area contributed by atoms with E-state index in [0.29, 0.717) is 6.54 Å². The monoisotopic (exact) mass is 265 g/mol. The summed E-state index contributed by atoms with van der Waals surface area (Å²) >= 11 is 0. The molecule has 20 heavy (non-hydrogen) atoms. The Morgan fingerprint density at radius 3 is 2.45 bits per heavy atom. The van der Waals surface area contributed by atoms with Crippen LogP contribution in [-0.4, -0.2) is 11.6 Å². The van der Waals surface area contributed by atoms with Gasteiger partial charge in [-0.15, -0.1) is 0 Å². The van der Waals surface area contributed by atoms with Crippen molar-refractivity contribution in [2.45, 2.75) is 6.54 Å². The molecule has 1 heterocycles. The highest BCUT2D eigenvalue weighted by molar-refractivity contribution is 5.95. The van der Waals surface area contributed by atoms with E-state index >= 15 is 0 Å². The topological polar surface area (TPSA) is 34.2 Å². The summed E-state index contributed by atoms with van der Waals surface area (Å²) < 4.78 is 2.16. The van der Waals surface area contributed by atoms with Crippen LogP contribution in [0.3, 0.4) is 0 Å². The summed E-state index contributed by atoms with van der Waals surface area (Å²) in [6, 6.07) is 16.8. The molecule has 0 bridgehead atoms. The lowest BCUT2D eigenvalue weighted by Gasteiger charge is -2.18. The van der Waals surface area contributed by atoms with Crippen molar-refractivity contribution in [1.29, 1.82) is 0 Å². The molecule has 3 rings (SSSR count). The lowest BCUT2D eigenvalue weighted by atomic mass is 10.2. The SMILES string of the molecule is CN(c1ccc(CN)cc1)c1cn(C)c2ccccc12. The first kappa shape index (κ1) is 12.8. The Kier molecular flexibility index (Phi) is 3.20. The van der Waals surface area contributed by atoms with Gasteiger partial charge in [-0.2, -0.15) is 0 Å². The lowest BCUT2D eigenvalue weighted by molar-refractivity contribution is 0.965. The molecule has 0 saturated heterocycles. The fourth-order valence-corrected chi connectivity index (χ4v) is 2.58. The van der Waals surface area contributed by atoms with Gasteiger partial charge >= 0.3 is 0 Å². The first-order valence-electron chi connectivity index (χ1n) is 6.77. The summed E-state index contributed by atoms with van der Waals surface area (Å²) in [6.45, 7) is 0.582. The molecule has 2 aromatic carbocycles. The van der Waals surface area contributed by atoms with Gasteiger partial charge in [0.2, 0.25) is 0 Å². The molecular weight excluding hydrogens is 246 g/mol. The van der Waals surface area contributed by atoms with Crippen LogP contribution in [0, 0.1) is 0 Å². The molecule has 0 amide bonds. The van der Waals surface area contributed by atoms with Crippen LogP contribution >= 0.6 is 0 Å². The smallest absolute Gasteiger partial charge is 0.0667 e. The third kappa shape index (κ3) is 2.06. The number of para-hydroxylation sites is 1. The number of anilines is 2. The Hall–Kier alpha value is -2.26. The van der Waals surface area contributed by atoms with Gasteiger partial charge in [-0.1, -0.05) is 30.3 Å². The standard InChI is InChI=1S/C17H19N3/c1-19-12-17(15-5-3-4-6-16(15)19)20(2)14-9-7-13(11-18)8-10-14/h3-10,12H,11,18H2,1-2H3. The molecule has 0 atom stereocenters. The van der Waals surface area contributed by atoms with Crippen molar-refractivity contribution in [3.05, 3.63) is 60.3 Å². The molecule has 3 heteroatoms. The Bertz CT molecular complexity index is 726. The lowest BCUT2D eigenvalue weighted by Crippen LogP contribution is -2.09. The molecule has 0 aliphatic rings. The predicted octanol–water partition coefficient (Wildman–Crippen LogP) is 3.40. The predicted molar refractivity (Wildman–Crippen MR) is 85.3 cm³/mol. The van der Waals surface area contributed by atoms with Crippen molar-refractivity contribution in [2.75, 3.05) is 11.9 Å². The summed E-state index contributed by atoms with van der Waals surface area (Å²) in [5, 5.41) is 1.26. The van der Waals surface area contributed by atoms with Crippen LogP contribution < -0.4 is 10.6 Å². The Labute approximate surface area is 119 Å². The average molecular weight is 265 g/mol. The molecule has 3 nitrogen and oxygen atoms in total. The van der Waals surface area contributed by atoms with Crippen LogP contribution in [0.1, 0.15) is 5.56 Å². The molecule has 1 aromatic heterocycles. The Morgan fingerprint density at radius 1 is 1.05 bits per heavy atom. The maximum atomic E-state index is 5.65. The van der Waals surface area contributed by atoms with Crippen molar-refractivity contribution < 1.29 is 0 Å². The summed E-state index contributed by atoms with van der Waals surface area (Å²) in [6.07, 6.45) is 2.17. The van der Waals surface area contributed by atoms with Crippen molar-refractivity contribution >= 4 is 22.3 Å². The van der Waals surface area contributed by atoms with Gasteiger partial charge < -0.3 is 15.2 Å². The summed E-state index contributed by atoms with van der Waals surface area (Å²) in [7, 11) is 4.18. The van der Waals surface area contributed by atoms with E-state index in [9.17, 15) is 0 Å². The molecular formula is C17H19N3. The number of nitrogens with zero attached hydrogens (tertiary/aromatic N) is 2. The third-order valence-electron chi connectivity index (χ3n) is 3.80. The van der Waals surface area contributed by atoms with E-state index in [1.165, 1.54) is 22.3 Å². The minimum absolute atomic E-state index is 0.582. The molecule has 0 saturated carbocycles. The van der Waals surface area contributed by atoms with Gasteiger partial charge in [-0.3, -0.25) is 0 Å². The average Bonchev–Trinajstić information content (AvgIpc) is 2.84. The van der Waals surface area contributed by atoms with Crippen LogP contribution in [0.4, 0.5) is 11.4 Å². The fourth-order valence-electron chi connectivity index (χ4n) is 2.58. The minimum Gasteiger partial charge on any atom is -0.348 e. The zero-order chi connectivity index (χ0) is 14.1. The molecule has 0 unspecified atom stereocenters. The molecule has 0 radical (unpaired) electrons. The normalized spacial score (nSPS) is 10.9. The van der Waals surface area contributed by atoms with Crippen LogP contribution in [0.15, 0.2) is 54.7 Å². The van der Waals surface area contributed by atoms with Gasteiger partial charge in [0.05, 0.1) is 5.69 Å². The van der Waals surface area contributed by atoms with Gasteiger partial charge in [0.25, 0.3) is 0 Å². The van der Waals surface area contributed by atoms with Crippen LogP contribution in [-0.2, 0) is 13.6 Å². The molecule has 0 fully saturated rings. The van der Waals surface area contributed by atoms with E-state index in [1.54, 1.807) is 0 Å². The number of hydrogen-bond acceptors (Lipinski definition) is 2. The number of nitrogens with two attached hydrogens (primary N) is 1. The maximum absolute atomic E-state index is 5.65. The second-order valence-corrected chi connectivity index (χ2v) is 5.07. The number of hydrogen-bond donors (Lipinski definition) is 1. The van der Waals surface area contributed by atoms with E-state index in [4.69, 9.17) is 5.73 Å². The molecule has 0 aliphatic heterocycles. The number of aromatic nitrogens is 1. The Morgan fingerprint density at radius 2 is 1.75 bits per heavy atom. The van der Waals surface area contributed by atoms with E-state index in [1.807, 2.05) is 0 Å². The number of rotatable bonds is 3. The molecule has 2 N–H and O–H groups in total. The highest BCUT2D eigenvalue weighted by Crippen LogP contribution is 2.32. The number of fused-ring (bicyclic) bond motifs is 1. The fraction of sp³-hybridized carbons (Fsp3) is 0.176. The second kappa shape index (κ2) is 5.02. The molecule has 102 valence electrons. The van der Waals surface area contributed by atoms with Gasteiger partial charge in [-0.05, 0) is 23.8 Å². The molecule has 0 spiro atoms. The summed E-state index contributed by atoms with van der Waals surface area (Å²) in [5.41, 5.74) is 10.4. The van der Waals surface area contributed by atoms with Crippen molar-refractivity contribution in [2.24, 2.45) is 12.8 Å². The zero-order valence-corrected chi connectivity index (χ0v) is 11.9. The van der Waals surface area contributed by atoms with Crippen molar-refractivity contribution in [3.63, 3.8) is 0 Å². The highest BCUT2D eigenvalue weighted by atomic mass is 15.1. The molecule has 3 aromatic rings. The largest absolute Gasteiger partial charge is 0.348 e. The van der Waals surface area contributed by atoms with Crippen molar-refractivity contribution in [1.82, 2.24) is 4.57 Å². The zero-order valence-electron chi connectivity index (χ0n) is 11.9. The van der Waals surface area contributed by atoms with E-state index < -0.39 is 0 Å². The van der Waals surface area contributed by atoms with Crippen LogP contribution in [0.25, 0.3) is 10.9 Å². The van der Waals surface area contributed by atoms with Gasteiger partial charge in [0.15, 0.2) is 0 Å². The van der Waals surface area contributed by atoms with Crippen LogP contribution in [0.5, 0.6) is 0 Å².